The molecule has 0 unspecified atom stereocenters. The molecule has 0 atom stereocenters. The van der Waals surface area contributed by atoms with Gasteiger partial charge in [-0.25, -0.2) is 14.5 Å². The first kappa shape index (κ1) is 9.21. The van der Waals surface area contributed by atoms with Crippen LogP contribution in [0.4, 0.5) is 0 Å². The zero-order valence-electron chi connectivity index (χ0n) is 7.51. The van der Waals surface area contributed by atoms with E-state index in [1.54, 1.807) is 24.1 Å². The number of hydrogen-bond donors (Lipinski definition) is 0. The van der Waals surface area contributed by atoms with Crippen LogP contribution in [0.5, 0.6) is 6.01 Å². The summed E-state index contributed by atoms with van der Waals surface area (Å²) in [7, 11) is 1.58. The van der Waals surface area contributed by atoms with Gasteiger partial charge in [-0.1, -0.05) is 6.07 Å². The summed E-state index contributed by atoms with van der Waals surface area (Å²) in [6.45, 7) is 0. The van der Waals surface area contributed by atoms with Crippen LogP contribution >= 0.6 is 15.9 Å². The molecule has 0 bridgehead atoms. The number of imidazole rings is 1. The minimum Gasteiger partial charge on any atom is -0.468 e. The first-order valence-electron chi connectivity index (χ1n) is 4.01. The summed E-state index contributed by atoms with van der Waals surface area (Å²) in [4.78, 5) is 8.27. The highest BCUT2D eigenvalue weighted by Crippen LogP contribution is 2.22. The van der Waals surface area contributed by atoms with Gasteiger partial charge in [-0.3, -0.25) is 0 Å². The van der Waals surface area contributed by atoms with Gasteiger partial charge in [-0.15, -0.1) is 0 Å². The zero-order valence-corrected chi connectivity index (χ0v) is 9.10. The molecule has 0 radical (unpaired) electrons. The van der Waals surface area contributed by atoms with Crippen LogP contribution in [0, 0.1) is 0 Å². The first-order chi connectivity index (χ1) is 6.83. The van der Waals surface area contributed by atoms with E-state index < -0.39 is 0 Å². The lowest BCUT2D eigenvalue weighted by atomic mass is 10.4. The Morgan fingerprint density at radius 3 is 2.86 bits per heavy atom. The van der Waals surface area contributed by atoms with Crippen molar-refractivity contribution in [1.29, 1.82) is 0 Å². The van der Waals surface area contributed by atoms with Gasteiger partial charge in [-0.05, 0) is 28.1 Å². The summed E-state index contributed by atoms with van der Waals surface area (Å²) >= 11 is 3.38. The molecule has 0 aliphatic carbocycles. The Bertz CT molecular complexity index is 427. The van der Waals surface area contributed by atoms with Crippen molar-refractivity contribution in [1.82, 2.24) is 14.5 Å². The van der Waals surface area contributed by atoms with Crippen molar-refractivity contribution >= 4 is 15.9 Å². The summed E-state index contributed by atoms with van der Waals surface area (Å²) in [6.07, 6.45) is 3.40. The molecule has 0 spiro atoms. The van der Waals surface area contributed by atoms with Crippen LogP contribution in [0.15, 0.2) is 35.2 Å². The van der Waals surface area contributed by atoms with E-state index in [4.69, 9.17) is 4.74 Å². The average Bonchev–Trinajstić information content (AvgIpc) is 2.61. The van der Waals surface area contributed by atoms with Crippen LogP contribution in [-0.2, 0) is 0 Å². The Hall–Kier alpha value is -1.36. The maximum atomic E-state index is 5.10. The Kier molecular flexibility index (Phi) is 2.49. The van der Waals surface area contributed by atoms with Crippen molar-refractivity contribution in [2.24, 2.45) is 0 Å². The molecule has 0 saturated carbocycles. The Morgan fingerprint density at radius 2 is 2.21 bits per heavy atom. The molecular formula is C9H8BrN3O. The Balaban J connectivity index is 2.55. The number of nitrogens with zero attached hydrogens (tertiary/aromatic N) is 3. The van der Waals surface area contributed by atoms with Crippen molar-refractivity contribution in [2.45, 2.75) is 0 Å². The summed E-state index contributed by atoms with van der Waals surface area (Å²) in [6, 6.07) is 6.17. The van der Waals surface area contributed by atoms with Crippen LogP contribution in [0.3, 0.4) is 0 Å². The number of ether oxygens (including phenoxy) is 1. The minimum absolute atomic E-state index is 0.510. The fraction of sp³-hybridized carbons (Fsp3) is 0.111. The maximum absolute atomic E-state index is 5.10. The highest BCUT2D eigenvalue weighted by Gasteiger charge is 2.10. The van der Waals surface area contributed by atoms with Crippen LogP contribution in [0.25, 0.3) is 5.82 Å². The van der Waals surface area contributed by atoms with Crippen LogP contribution in [0.2, 0.25) is 0 Å². The number of methoxy groups -OCH3 is 1. The predicted molar refractivity (Wildman–Crippen MR) is 55.6 cm³/mol. The van der Waals surface area contributed by atoms with E-state index in [0.717, 1.165) is 10.4 Å². The molecule has 2 aromatic heterocycles. The quantitative estimate of drug-likeness (QED) is 0.823. The fourth-order valence-electron chi connectivity index (χ4n) is 1.15. The largest absolute Gasteiger partial charge is 0.468 e. The maximum Gasteiger partial charge on any atom is 0.302 e. The molecule has 2 rings (SSSR count). The molecule has 5 heteroatoms. The second kappa shape index (κ2) is 3.79. The van der Waals surface area contributed by atoms with Crippen LogP contribution in [0.1, 0.15) is 0 Å². The lowest BCUT2D eigenvalue weighted by Crippen LogP contribution is -2.00. The van der Waals surface area contributed by atoms with Gasteiger partial charge < -0.3 is 4.74 Å². The van der Waals surface area contributed by atoms with E-state index in [2.05, 4.69) is 25.9 Å². The molecule has 0 saturated heterocycles. The van der Waals surface area contributed by atoms with Crippen LogP contribution < -0.4 is 4.74 Å². The van der Waals surface area contributed by atoms with Gasteiger partial charge in [0.15, 0.2) is 0 Å². The van der Waals surface area contributed by atoms with Gasteiger partial charge in [0.25, 0.3) is 0 Å². The number of aromatic nitrogens is 3. The summed E-state index contributed by atoms with van der Waals surface area (Å²) in [5.74, 6) is 0.772. The van der Waals surface area contributed by atoms with Gasteiger partial charge in [0.1, 0.15) is 10.4 Å². The highest BCUT2D eigenvalue weighted by molar-refractivity contribution is 9.10. The molecule has 2 heterocycles. The highest BCUT2D eigenvalue weighted by atomic mass is 79.9. The minimum atomic E-state index is 0.510. The molecule has 0 fully saturated rings. The molecule has 2 aromatic rings. The molecule has 4 nitrogen and oxygen atoms in total. The molecule has 0 aromatic carbocycles. The fourth-order valence-corrected chi connectivity index (χ4v) is 1.59. The molecule has 0 N–H and O–H groups in total. The SMILES string of the molecule is COc1ncc(Br)n1-c1ccccn1. The average molecular weight is 254 g/mol. The predicted octanol–water partition coefficient (Wildman–Crippen LogP) is 2.04. The van der Waals surface area contributed by atoms with Gasteiger partial charge >= 0.3 is 6.01 Å². The Labute approximate surface area is 89.7 Å². The van der Waals surface area contributed by atoms with Gasteiger partial charge in [0, 0.05) is 6.20 Å². The number of pyridine rings is 1. The van der Waals surface area contributed by atoms with Crippen molar-refractivity contribution in [3.05, 3.63) is 35.2 Å². The van der Waals surface area contributed by atoms with Crippen molar-refractivity contribution in [3.63, 3.8) is 0 Å². The monoisotopic (exact) mass is 253 g/mol. The number of halogens is 1. The van der Waals surface area contributed by atoms with Gasteiger partial charge in [-0.2, -0.15) is 0 Å². The van der Waals surface area contributed by atoms with Gasteiger partial charge in [0.05, 0.1) is 13.3 Å². The van der Waals surface area contributed by atoms with E-state index in [0.29, 0.717) is 6.01 Å². The molecule has 0 aliphatic rings. The normalized spacial score (nSPS) is 10.1. The molecule has 72 valence electrons. The van der Waals surface area contributed by atoms with E-state index in [1.165, 1.54) is 0 Å². The van der Waals surface area contributed by atoms with Crippen molar-refractivity contribution in [3.8, 4) is 11.8 Å². The third-order valence-electron chi connectivity index (χ3n) is 1.75. The summed E-state index contributed by atoms with van der Waals surface area (Å²) in [5.41, 5.74) is 0. The van der Waals surface area contributed by atoms with E-state index in [1.807, 2.05) is 18.2 Å². The molecule has 14 heavy (non-hydrogen) atoms. The summed E-state index contributed by atoms with van der Waals surface area (Å²) in [5, 5.41) is 0. The van der Waals surface area contributed by atoms with Gasteiger partial charge in [0.2, 0.25) is 0 Å². The van der Waals surface area contributed by atoms with Crippen LogP contribution in [-0.4, -0.2) is 21.6 Å². The molecule has 0 amide bonds. The van der Waals surface area contributed by atoms with Crippen molar-refractivity contribution in [2.75, 3.05) is 7.11 Å². The van der Waals surface area contributed by atoms with Crippen molar-refractivity contribution < 1.29 is 4.74 Å². The lowest BCUT2D eigenvalue weighted by molar-refractivity contribution is 0.372. The number of hydrogen-bond acceptors (Lipinski definition) is 3. The standard InChI is InChI=1S/C9H8BrN3O/c1-14-9-12-6-7(10)13(9)8-4-2-3-5-11-8/h2-6H,1H3. The summed E-state index contributed by atoms with van der Waals surface area (Å²) < 4.78 is 7.69. The third kappa shape index (κ3) is 1.50. The van der Waals surface area contributed by atoms with E-state index >= 15 is 0 Å². The topological polar surface area (TPSA) is 39.9 Å². The third-order valence-corrected chi connectivity index (χ3v) is 2.31. The van der Waals surface area contributed by atoms with E-state index in [-0.39, 0.29) is 0 Å². The zero-order chi connectivity index (χ0) is 9.97. The Morgan fingerprint density at radius 1 is 1.36 bits per heavy atom. The first-order valence-corrected chi connectivity index (χ1v) is 4.81. The second-order valence-electron chi connectivity index (χ2n) is 2.59. The smallest absolute Gasteiger partial charge is 0.302 e. The second-order valence-corrected chi connectivity index (χ2v) is 3.40. The lowest BCUT2D eigenvalue weighted by Gasteiger charge is -2.05. The number of rotatable bonds is 2. The van der Waals surface area contributed by atoms with E-state index in [9.17, 15) is 0 Å². The molecule has 0 aliphatic heterocycles. The molecular weight excluding hydrogens is 246 g/mol.